The van der Waals surface area contributed by atoms with Crippen molar-refractivity contribution in [3.8, 4) is 5.75 Å². The molecule has 0 radical (unpaired) electrons. The molecule has 0 spiro atoms. The normalized spacial score (nSPS) is 10.8. The zero-order chi connectivity index (χ0) is 14.4. The third kappa shape index (κ3) is 4.01. The first-order valence-corrected chi connectivity index (χ1v) is 6.90. The maximum absolute atomic E-state index is 14.1. The SMILES string of the molecule is CCCCCN(c1cc(OC)c(N)cc1F)C(C)C. The predicted molar refractivity (Wildman–Crippen MR) is 79.4 cm³/mol. The second-order valence-corrected chi connectivity index (χ2v) is 5.04. The smallest absolute Gasteiger partial charge is 0.148 e. The van der Waals surface area contributed by atoms with Gasteiger partial charge in [-0.2, -0.15) is 0 Å². The molecule has 0 aliphatic heterocycles. The number of hydrogen-bond donors (Lipinski definition) is 1. The molecule has 0 aliphatic carbocycles. The lowest BCUT2D eigenvalue weighted by molar-refractivity contribution is 0.415. The van der Waals surface area contributed by atoms with Crippen LogP contribution in [0.5, 0.6) is 5.75 Å². The molecule has 0 saturated carbocycles. The van der Waals surface area contributed by atoms with E-state index >= 15 is 0 Å². The highest BCUT2D eigenvalue weighted by Gasteiger charge is 2.17. The number of rotatable bonds is 7. The minimum Gasteiger partial charge on any atom is -0.495 e. The van der Waals surface area contributed by atoms with Gasteiger partial charge in [-0.15, -0.1) is 0 Å². The molecule has 0 heterocycles. The van der Waals surface area contributed by atoms with Crippen LogP contribution in [0.15, 0.2) is 12.1 Å². The number of unbranched alkanes of at least 4 members (excludes halogenated alkanes) is 2. The van der Waals surface area contributed by atoms with Gasteiger partial charge in [-0.1, -0.05) is 19.8 Å². The van der Waals surface area contributed by atoms with Crippen LogP contribution in [0.3, 0.4) is 0 Å². The molecule has 0 unspecified atom stereocenters. The molecule has 1 aromatic carbocycles. The summed E-state index contributed by atoms with van der Waals surface area (Å²) in [6.07, 6.45) is 3.36. The lowest BCUT2D eigenvalue weighted by Crippen LogP contribution is -2.32. The third-order valence-electron chi connectivity index (χ3n) is 3.23. The Bertz CT molecular complexity index is 407. The van der Waals surface area contributed by atoms with Gasteiger partial charge >= 0.3 is 0 Å². The Morgan fingerprint density at radius 3 is 2.53 bits per heavy atom. The van der Waals surface area contributed by atoms with Crippen LogP contribution >= 0.6 is 0 Å². The van der Waals surface area contributed by atoms with E-state index in [0.717, 1.165) is 25.8 Å². The van der Waals surface area contributed by atoms with E-state index in [2.05, 4.69) is 25.7 Å². The highest BCUT2D eigenvalue weighted by atomic mass is 19.1. The summed E-state index contributed by atoms with van der Waals surface area (Å²) >= 11 is 0. The molecule has 0 fully saturated rings. The van der Waals surface area contributed by atoms with E-state index < -0.39 is 0 Å². The number of nitrogen functional groups attached to an aromatic ring is 1. The Hall–Kier alpha value is -1.45. The quantitative estimate of drug-likeness (QED) is 0.603. The zero-order valence-electron chi connectivity index (χ0n) is 12.4. The number of nitrogens with two attached hydrogens (primary N) is 1. The fourth-order valence-electron chi connectivity index (χ4n) is 2.14. The van der Waals surface area contributed by atoms with Gasteiger partial charge in [0.05, 0.1) is 18.5 Å². The van der Waals surface area contributed by atoms with Crippen molar-refractivity contribution in [1.82, 2.24) is 0 Å². The van der Waals surface area contributed by atoms with Crippen molar-refractivity contribution < 1.29 is 9.13 Å². The number of hydrogen-bond acceptors (Lipinski definition) is 3. The zero-order valence-corrected chi connectivity index (χ0v) is 12.4. The average Bonchev–Trinajstić information content (AvgIpc) is 2.35. The van der Waals surface area contributed by atoms with Crippen molar-refractivity contribution in [2.75, 3.05) is 24.3 Å². The summed E-state index contributed by atoms with van der Waals surface area (Å²) in [6, 6.07) is 3.26. The summed E-state index contributed by atoms with van der Waals surface area (Å²) < 4.78 is 19.3. The Labute approximate surface area is 115 Å². The Balaban J connectivity index is 3.01. The molecule has 19 heavy (non-hydrogen) atoms. The van der Waals surface area contributed by atoms with Gasteiger partial charge in [0.1, 0.15) is 11.6 Å². The summed E-state index contributed by atoms with van der Waals surface area (Å²) in [5, 5.41) is 0. The van der Waals surface area contributed by atoms with Crippen LogP contribution in [0.2, 0.25) is 0 Å². The second kappa shape index (κ2) is 7.22. The molecule has 0 bridgehead atoms. The van der Waals surface area contributed by atoms with Gasteiger partial charge in [-0.25, -0.2) is 4.39 Å². The van der Waals surface area contributed by atoms with Gasteiger partial charge in [0.15, 0.2) is 0 Å². The number of benzene rings is 1. The van der Waals surface area contributed by atoms with Crippen molar-refractivity contribution in [1.29, 1.82) is 0 Å². The van der Waals surface area contributed by atoms with Crippen molar-refractivity contribution in [2.24, 2.45) is 0 Å². The van der Waals surface area contributed by atoms with Crippen LogP contribution in [0.4, 0.5) is 15.8 Å². The molecule has 0 saturated heterocycles. The molecule has 0 amide bonds. The Morgan fingerprint density at radius 1 is 1.32 bits per heavy atom. The minimum absolute atomic E-state index is 0.236. The lowest BCUT2D eigenvalue weighted by atomic mass is 10.1. The number of nitrogens with zero attached hydrogens (tertiary/aromatic N) is 1. The van der Waals surface area contributed by atoms with Crippen LogP contribution < -0.4 is 15.4 Å². The maximum Gasteiger partial charge on any atom is 0.148 e. The molecule has 0 aliphatic rings. The lowest BCUT2D eigenvalue weighted by Gasteiger charge is -2.30. The Morgan fingerprint density at radius 2 is 2.00 bits per heavy atom. The summed E-state index contributed by atoms with van der Waals surface area (Å²) in [5.74, 6) is 0.237. The van der Waals surface area contributed by atoms with E-state index in [1.165, 1.54) is 6.07 Å². The fourth-order valence-corrected chi connectivity index (χ4v) is 2.14. The van der Waals surface area contributed by atoms with E-state index in [4.69, 9.17) is 10.5 Å². The summed E-state index contributed by atoms with van der Waals surface area (Å²) in [6.45, 7) is 7.13. The summed E-state index contributed by atoms with van der Waals surface area (Å²) in [7, 11) is 1.55. The molecule has 4 heteroatoms. The number of halogens is 1. The topological polar surface area (TPSA) is 38.5 Å². The van der Waals surface area contributed by atoms with Crippen molar-refractivity contribution in [2.45, 2.75) is 46.1 Å². The standard InChI is InChI=1S/C15H25FN2O/c1-5-6-7-8-18(11(2)3)14-10-15(19-4)13(17)9-12(14)16/h9-11H,5-8,17H2,1-4H3. The van der Waals surface area contributed by atoms with E-state index in [1.54, 1.807) is 13.2 Å². The molecule has 1 rings (SSSR count). The molecule has 0 atom stereocenters. The van der Waals surface area contributed by atoms with Gasteiger partial charge in [-0.3, -0.25) is 0 Å². The van der Waals surface area contributed by atoms with Gasteiger partial charge < -0.3 is 15.4 Å². The molecule has 108 valence electrons. The number of ether oxygens (including phenoxy) is 1. The second-order valence-electron chi connectivity index (χ2n) is 5.04. The highest BCUT2D eigenvalue weighted by Crippen LogP contribution is 2.31. The van der Waals surface area contributed by atoms with Crippen LogP contribution in [0.25, 0.3) is 0 Å². The summed E-state index contributed by atoms with van der Waals surface area (Å²) in [5.41, 5.74) is 6.62. The van der Waals surface area contributed by atoms with Crippen LogP contribution in [0.1, 0.15) is 40.0 Å². The fraction of sp³-hybridized carbons (Fsp3) is 0.600. The first-order chi connectivity index (χ1) is 9.01. The average molecular weight is 268 g/mol. The summed E-state index contributed by atoms with van der Waals surface area (Å²) in [4.78, 5) is 2.06. The number of anilines is 2. The van der Waals surface area contributed by atoms with E-state index in [9.17, 15) is 4.39 Å². The third-order valence-corrected chi connectivity index (χ3v) is 3.23. The predicted octanol–water partition coefficient (Wildman–Crippen LogP) is 3.82. The molecular formula is C15H25FN2O. The highest BCUT2D eigenvalue weighted by molar-refractivity contribution is 5.63. The van der Waals surface area contributed by atoms with E-state index in [-0.39, 0.29) is 11.9 Å². The monoisotopic (exact) mass is 268 g/mol. The molecule has 1 aromatic rings. The van der Waals surface area contributed by atoms with E-state index in [1.807, 2.05) is 0 Å². The molecule has 0 aromatic heterocycles. The minimum atomic E-state index is -0.288. The Kier molecular flexibility index (Phi) is 5.93. The van der Waals surface area contributed by atoms with Crippen molar-refractivity contribution in [3.05, 3.63) is 17.9 Å². The largest absolute Gasteiger partial charge is 0.495 e. The molecule has 2 N–H and O–H groups in total. The maximum atomic E-state index is 14.1. The van der Waals surface area contributed by atoms with Gasteiger partial charge in [-0.05, 0) is 20.3 Å². The van der Waals surface area contributed by atoms with Gasteiger partial charge in [0, 0.05) is 24.7 Å². The van der Waals surface area contributed by atoms with Crippen molar-refractivity contribution >= 4 is 11.4 Å². The van der Waals surface area contributed by atoms with Crippen LogP contribution in [-0.2, 0) is 0 Å². The van der Waals surface area contributed by atoms with Crippen LogP contribution in [0, 0.1) is 5.82 Å². The number of methoxy groups -OCH3 is 1. The molecular weight excluding hydrogens is 243 g/mol. The van der Waals surface area contributed by atoms with E-state index in [0.29, 0.717) is 17.1 Å². The molecule has 3 nitrogen and oxygen atoms in total. The van der Waals surface area contributed by atoms with Gasteiger partial charge in [0.25, 0.3) is 0 Å². The van der Waals surface area contributed by atoms with Crippen LogP contribution in [-0.4, -0.2) is 19.7 Å². The first kappa shape index (κ1) is 15.6. The first-order valence-electron chi connectivity index (χ1n) is 6.90. The van der Waals surface area contributed by atoms with Gasteiger partial charge in [0.2, 0.25) is 0 Å². The van der Waals surface area contributed by atoms with Crippen molar-refractivity contribution in [3.63, 3.8) is 0 Å².